The van der Waals surface area contributed by atoms with Crippen molar-refractivity contribution in [1.82, 2.24) is 25.0 Å². The third-order valence-corrected chi connectivity index (χ3v) is 5.81. The molecule has 1 aliphatic carbocycles. The lowest BCUT2D eigenvalue weighted by atomic mass is 9.98. The molecule has 0 bridgehead atoms. The Morgan fingerprint density at radius 3 is 2.73 bits per heavy atom. The van der Waals surface area contributed by atoms with E-state index in [4.69, 9.17) is 14.8 Å². The van der Waals surface area contributed by atoms with Gasteiger partial charge in [0.2, 0.25) is 0 Å². The molecular formula is C19H25N5O2. The Labute approximate surface area is 152 Å². The predicted octanol–water partition coefficient (Wildman–Crippen LogP) is 1.40. The molecule has 4 heterocycles. The van der Waals surface area contributed by atoms with Crippen molar-refractivity contribution in [1.29, 1.82) is 0 Å². The lowest BCUT2D eigenvalue weighted by Crippen LogP contribution is -2.40. The van der Waals surface area contributed by atoms with Crippen molar-refractivity contribution < 1.29 is 9.53 Å². The third-order valence-electron chi connectivity index (χ3n) is 5.81. The molecule has 1 atom stereocenters. The molecule has 0 spiro atoms. The van der Waals surface area contributed by atoms with Gasteiger partial charge in [-0.25, -0.2) is 4.98 Å². The number of carbonyl (C=O) groups is 1. The largest absolute Gasteiger partial charge is 0.378 e. The molecule has 7 nitrogen and oxygen atoms in total. The van der Waals surface area contributed by atoms with Gasteiger partial charge in [0.15, 0.2) is 5.65 Å². The van der Waals surface area contributed by atoms with Crippen LogP contribution in [0.5, 0.6) is 0 Å². The van der Waals surface area contributed by atoms with E-state index in [9.17, 15) is 4.79 Å². The first kappa shape index (κ1) is 16.2. The molecule has 1 N–H and O–H groups in total. The van der Waals surface area contributed by atoms with Gasteiger partial charge in [0.25, 0.3) is 5.91 Å². The smallest absolute Gasteiger partial charge is 0.254 e. The van der Waals surface area contributed by atoms with E-state index < -0.39 is 0 Å². The highest BCUT2D eigenvalue weighted by Crippen LogP contribution is 2.41. The summed E-state index contributed by atoms with van der Waals surface area (Å²) in [5.41, 5.74) is 3.72. The summed E-state index contributed by atoms with van der Waals surface area (Å²) < 4.78 is 7.29. The van der Waals surface area contributed by atoms with Crippen LogP contribution in [0.1, 0.15) is 52.8 Å². The number of pyridine rings is 1. The van der Waals surface area contributed by atoms with Crippen LogP contribution in [-0.2, 0) is 11.8 Å². The minimum absolute atomic E-state index is 0.0998. The highest BCUT2D eigenvalue weighted by atomic mass is 16.5. The minimum atomic E-state index is 0.0998. The number of morpholine rings is 1. The summed E-state index contributed by atoms with van der Waals surface area (Å²) in [6, 6.07) is 2.05. The Morgan fingerprint density at radius 2 is 2.04 bits per heavy atom. The van der Waals surface area contributed by atoms with Crippen LogP contribution in [0.4, 0.5) is 0 Å². The molecule has 5 rings (SSSR count). The molecule has 2 aromatic heterocycles. The van der Waals surface area contributed by atoms with Crippen LogP contribution in [0.3, 0.4) is 0 Å². The predicted molar refractivity (Wildman–Crippen MR) is 97.4 cm³/mol. The average Bonchev–Trinajstić information content (AvgIpc) is 3.28. The van der Waals surface area contributed by atoms with Crippen LogP contribution in [0.15, 0.2) is 6.07 Å². The SMILES string of the molecule is Cn1nc(C2CCNC2)c2c(C(=O)N3CCOCC3)cc(C3CC3)nc21. The normalized spacial score (nSPS) is 23.7. The average molecular weight is 355 g/mol. The first-order chi connectivity index (χ1) is 12.7. The number of aromatic nitrogens is 3. The molecule has 138 valence electrons. The van der Waals surface area contributed by atoms with Crippen molar-refractivity contribution in [3.8, 4) is 0 Å². The number of hydrogen-bond acceptors (Lipinski definition) is 5. The number of hydrogen-bond donors (Lipinski definition) is 1. The number of amides is 1. The molecule has 3 fully saturated rings. The van der Waals surface area contributed by atoms with Crippen molar-refractivity contribution in [3.63, 3.8) is 0 Å². The second kappa shape index (κ2) is 6.32. The fourth-order valence-electron chi connectivity index (χ4n) is 4.16. The van der Waals surface area contributed by atoms with E-state index in [-0.39, 0.29) is 5.91 Å². The van der Waals surface area contributed by atoms with Crippen molar-refractivity contribution in [3.05, 3.63) is 23.0 Å². The Balaban J connectivity index is 1.66. The third kappa shape index (κ3) is 2.70. The lowest BCUT2D eigenvalue weighted by Gasteiger charge is -2.27. The van der Waals surface area contributed by atoms with Gasteiger partial charge in [-0.2, -0.15) is 5.10 Å². The highest BCUT2D eigenvalue weighted by Gasteiger charge is 2.32. The summed E-state index contributed by atoms with van der Waals surface area (Å²) in [5.74, 6) is 0.952. The summed E-state index contributed by atoms with van der Waals surface area (Å²) in [6.45, 7) is 4.46. The fourth-order valence-corrected chi connectivity index (χ4v) is 4.16. The minimum Gasteiger partial charge on any atom is -0.378 e. The van der Waals surface area contributed by atoms with Crippen LogP contribution in [0, 0.1) is 0 Å². The van der Waals surface area contributed by atoms with Crippen LogP contribution in [0.25, 0.3) is 11.0 Å². The van der Waals surface area contributed by atoms with Crippen LogP contribution >= 0.6 is 0 Å². The van der Waals surface area contributed by atoms with E-state index >= 15 is 0 Å². The van der Waals surface area contributed by atoms with Gasteiger partial charge in [-0.3, -0.25) is 9.48 Å². The zero-order valence-corrected chi connectivity index (χ0v) is 15.2. The van der Waals surface area contributed by atoms with Gasteiger partial charge in [0, 0.05) is 44.2 Å². The Kier molecular flexibility index (Phi) is 3.94. The van der Waals surface area contributed by atoms with Crippen LogP contribution in [-0.4, -0.2) is 65.0 Å². The summed E-state index contributed by atoms with van der Waals surface area (Å²) in [5, 5.41) is 9.17. The molecule has 0 aromatic carbocycles. The maximum Gasteiger partial charge on any atom is 0.254 e. The zero-order chi connectivity index (χ0) is 17.7. The second-order valence-corrected chi connectivity index (χ2v) is 7.67. The van der Waals surface area contributed by atoms with E-state index in [0.29, 0.717) is 38.1 Å². The Hall–Kier alpha value is -1.99. The molecular weight excluding hydrogens is 330 g/mol. The number of rotatable bonds is 3. The fraction of sp³-hybridized carbons (Fsp3) is 0.632. The number of aryl methyl sites for hydroxylation is 1. The van der Waals surface area contributed by atoms with E-state index in [1.807, 2.05) is 22.7 Å². The number of carbonyl (C=O) groups excluding carboxylic acids is 1. The molecule has 2 aromatic rings. The van der Waals surface area contributed by atoms with E-state index in [2.05, 4.69) is 5.32 Å². The molecule has 26 heavy (non-hydrogen) atoms. The second-order valence-electron chi connectivity index (χ2n) is 7.67. The van der Waals surface area contributed by atoms with Gasteiger partial charge < -0.3 is 15.0 Å². The van der Waals surface area contributed by atoms with Crippen LogP contribution < -0.4 is 5.32 Å². The molecule has 3 aliphatic rings. The number of nitrogens with zero attached hydrogens (tertiary/aromatic N) is 4. The Bertz CT molecular complexity index is 845. The van der Waals surface area contributed by atoms with Gasteiger partial charge in [-0.15, -0.1) is 0 Å². The van der Waals surface area contributed by atoms with Gasteiger partial charge in [-0.05, 0) is 31.9 Å². The molecule has 2 aliphatic heterocycles. The van der Waals surface area contributed by atoms with Crippen molar-refractivity contribution in [2.24, 2.45) is 7.05 Å². The van der Waals surface area contributed by atoms with Crippen LogP contribution in [0.2, 0.25) is 0 Å². The Morgan fingerprint density at radius 1 is 1.23 bits per heavy atom. The topological polar surface area (TPSA) is 72.3 Å². The van der Waals surface area contributed by atoms with E-state index in [1.54, 1.807) is 0 Å². The summed E-state index contributed by atoms with van der Waals surface area (Å²) in [4.78, 5) is 20.2. The van der Waals surface area contributed by atoms with Crippen molar-refractivity contribution in [2.75, 3.05) is 39.4 Å². The molecule has 7 heteroatoms. The maximum absolute atomic E-state index is 13.4. The van der Waals surface area contributed by atoms with Gasteiger partial charge in [-0.1, -0.05) is 0 Å². The standard InChI is InChI=1S/C19H25N5O2/c1-23-18-16(17(22-23)13-4-5-20-11-13)14(10-15(21-18)12-2-3-12)19(25)24-6-8-26-9-7-24/h10,12-13,20H,2-9,11H2,1H3. The summed E-state index contributed by atoms with van der Waals surface area (Å²) in [6.07, 6.45) is 3.39. The molecule has 1 saturated carbocycles. The summed E-state index contributed by atoms with van der Waals surface area (Å²) >= 11 is 0. The molecule has 1 unspecified atom stereocenters. The highest BCUT2D eigenvalue weighted by molar-refractivity contribution is 6.06. The van der Waals surface area contributed by atoms with Gasteiger partial charge in [0.05, 0.1) is 29.9 Å². The quantitative estimate of drug-likeness (QED) is 0.901. The lowest BCUT2D eigenvalue weighted by molar-refractivity contribution is 0.0304. The van der Waals surface area contributed by atoms with Crippen molar-refractivity contribution in [2.45, 2.75) is 31.1 Å². The number of ether oxygens (including phenoxy) is 1. The monoisotopic (exact) mass is 355 g/mol. The molecule has 0 radical (unpaired) electrons. The van der Waals surface area contributed by atoms with Gasteiger partial charge in [0.1, 0.15) is 0 Å². The number of nitrogens with one attached hydrogen (secondary N) is 1. The van der Waals surface area contributed by atoms with Gasteiger partial charge >= 0.3 is 0 Å². The zero-order valence-electron chi connectivity index (χ0n) is 15.2. The van der Waals surface area contributed by atoms with E-state index in [1.165, 1.54) is 12.8 Å². The first-order valence-corrected chi connectivity index (χ1v) is 9.67. The number of fused-ring (bicyclic) bond motifs is 1. The molecule has 1 amide bonds. The maximum atomic E-state index is 13.4. The molecule has 2 saturated heterocycles. The van der Waals surface area contributed by atoms with E-state index in [0.717, 1.165) is 47.5 Å². The summed E-state index contributed by atoms with van der Waals surface area (Å²) in [7, 11) is 1.95. The van der Waals surface area contributed by atoms with Crippen molar-refractivity contribution >= 4 is 16.9 Å². The first-order valence-electron chi connectivity index (χ1n) is 9.67.